The van der Waals surface area contributed by atoms with Crippen molar-refractivity contribution in [1.29, 1.82) is 0 Å². The van der Waals surface area contributed by atoms with Crippen molar-refractivity contribution >= 4 is 9.84 Å². The van der Waals surface area contributed by atoms with Crippen LogP contribution in [-0.4, -0.2) is 18.6 Å². The van der Waals surface area contributed by atoms with E-state index >= 15 is 0 Å². The molecular formula is C14H14O4S. The lowest BCUT2D eigenvalue weighted by Gasteiger charge is -2.10. The Labute approximate surface area is 111 Å². The summed E-state index contributed by atoms with van der Waals surface area (Å²) in [4.78, 5) is -0.191. The van der Waals surface area contributed by atoms with Gasteiger partial charge in [-0.05, 0) is 49.2 Å². The van der Waals surface area contributed by atoms with Gasteiger partial charge in [-0.1, -0.05) is 12.1 Å². The van der Waals surface area contributed by atoms with Gasteiger partial charge in [0.15, 0.2) is 0 Å². The highest BCUT2D eigenvalue weighted by molar-refractivity contribution is 7.91. The summed E-state index contributed by atoms with van der Waals surface area (Å²) < 4.78 is 24.9. The molecule has 0 aliphatic carbocycles. The lowest BCUT2D eigenvalue weighted by atomic mass is 10.1. The van der Waals surface area contributed by atoms with Gasteiger partial charge in [0.05, 0.1) is 4.90 Å². The van der Waals surface area contributed by atoms with Gasteiger partial charge in [-0.15, -0.1) is 0 Å². The zero-order valence-electron chi connectivity index (χ0n) is 10.6. The predicted octanol–water partition coefficient (Wildman–Crippen LogP) is 2.55. The van der Waals surface area contributed by atoms with Crippen LogP contribution in [-0.2, 0) is 9.84 Å². The lowest BCUT2D eigenvalue weighted by molar-refractivity contribution is 0.453. The SMILES string of the molecule is Cc1cc(C)c(O)c(S(=O)(=O)c2cccc(O)c2)c1. The number of rotatable bonds is 2. The first-order valence-corrected chi connectivity index (χ1v) is 7.15. The van der Waals surface area contributed by atoms with Gasteiger partial charge in [-0.25, -0.2) is 8.42 Å². The molecule has 2 aromatic rings. The Hall–Kier alpha value is -2.01. The van der Waals surface area contributed by atoms with Crippen molar-refractivity contribution in [2.45, 2.75) is 23.6 Å². The topological polar surface area (TPSA) is 74.6 Å². The van der Waals surface area contributed by atoms with Crippen molar-refractivity contribution < 1.29 is 18.6 Å². The third kappa shape index (κ3) is 2.42. The van der Waals surface area contributed by atoms with Crippen LogP contribution in [0.25, 0.3) is 0 Å². The van der Waals surface area contributed by atoms with Crippen LogP contribution in [0.5, 0.6) is 11.5 Å². The van der Waals surface area contributed by atoms with Crippen LogP contribution in [0.15, 0.2) is 46.2 Å². The van der Waals surface area contributed by atoms with E-state index in [9.17, 15) is 18.6 Å². The largest absolute Gasteiger partial charge is 0.508 e. The Bertz CT molecular complexity index is 733. The number of hydrogen-bond acceptors (Lipinski definition) is 4. The maximum atomic E-state index is 12.4. The molecule has 0 saturated heterocycles. The smallest absolute Gasteiger partial charge is 0.210 e. The third-order valence-corrected chi connectivity index (χ3v) is 4.59. The normalized spacial score (nSPS) is 11.5. The fraction of sp³-hybridized carbons (Fsp3) is 0.143. The van der Waals surface area contributed by atoms with Crippen LogP contribution in [0.4, 0.5) is 0 Å². The van der Waals surface area contributed by atoms with Crippen molar-refractivity contribution in [3.8, 4) is 11.5 Å². The minimum absolute atomic E-state index is 0.0483. The van der Waals surface area contributed by atoms with Gasteiger partial charge in [0.25, 0.3) is 0 Å². The molecule has 0 fully saturated rings. The van der Waals surface area contributed by atoms with E-state index in [4.69, 9.17) is 0 Å². The number of hydrogen-bond donors (Lipinski definition) is 2. The molecule has 19 heavy (non-hydrogen) atoms. The Morgan fingerprint density at radius 3 is 2.32 bits per heavy atom. The molecule has 2 N–H and O–H groups in total. The minimum Gasteiger partial charge on any atom is -0.508 e. The maximum Gasteiger partial charge on any atom is 0.210 e. The maximum absolute atomic E-state index is 12.4. The van der Waals surface area contributed by atoms with E-state index in [2.05, 4.69) is 0 Å². The van der Waals surface area contributed by atoms with Crippen LogP contribution in [0.3, 0.4) is 0 Å². The molecule has 5 heteroatoms. The van der Waals surface area contributed by atoms with Crippen LogP contribution < -0.4 is 0 Å². The number of phenolic OH excluding ortho intramolecular Hbond substituents is 2. The fourth-order valence-electron chi connectivity index (χ4n) is 1.90. The molecule has 0 aromatic heterocycles. The van der Waals surface area contributed by atoms with Crippen LogP contribution in [0.2, 0.25) is 0 Å². The van der Waals surface area contributed by atoms with Gasteiger partial charge in [0.1, 0.15) is 16.4 Å². The molecule has 0 spiro atoms. The Kier molecular flexibility index (Phi) is 3.24. The van der Waals surface area contributed by atoms with Gasteiger partial charge < -0.3 is 10.2 Å². The first-order chi connectivity index (χ1) is 8.82. The summed E-state index contributed by atoms with van der Waals surface area (Å²) in [6, 6.07) is 8.50. The number of benzene rings is 2. The summed E-state index contributed by atoms with van der Waals surface area (Å²) in [5.74, 6) is -0.390. The molecule has 100 valence electrons. The predicted molar refractivity (Wildman–Crippen MR) is 71.1 cm³/mol. The molecule has 0 heterocycles. The quantitative estimate of drug-likeness (QED) is 0.885. The van der Waals surface area contributed by atoms with Gasteiger partial charge in [-0.2, -0.15) is 0 Å². The van der Waals surface area contributed by atoms with Crippen molar-refractivity contribution in [3.05, 3.63) is 47.5 Å². The van der Waals surface area contributed by atoms with Crippen LogP contribution in [0, 0.1) is 13.8 Å². The molecule has 2 aromatic carbocycles. The van der Waals surface area contributed by atoms with E-state index in [1.807, 2.05) is 0 Å². The summed E-state index contributed by atoms with van der Waals surface area (Å²) in [6.07, 6.45) is 0. The zero-order valence-corrected chi connectivity index (χ0v) is 11.4. The second-order valence-corrected chi connectivity index (χ2v) is 6.35. The van der Waals surface area contributed by atoms with Gasteiger partial charge in [0, 0.05) is 0 Å². The van der Waals surface area contributed by atoms with E-state index in [0.717, 1.165) is 11.6 Å². The molecule has 0 bridgehead atoms. The number of sulfone groups is 1. The Morgan fingerprint density at radius 2 is 1.68 bits per heavy atom. The molecule has 0 saturated carbocycles. The average Bonchev–Trinajstić information content (AvgIpc) is 2.33. The first-order valence-electron chi connectivity index (χ1n) is 5.66. The second kappa shape index (κ2) is 4.59. The number of aromatic hydroxyl groups is 2. The first kappa shape index (κ1) is 13.4. The fourth-order valence-corrected chi connectivity index (χ4v) is 3.45. The summed E-state index contributed by atoms with van der Waals surface area (Å²) in [5, 5.41) is 19.3. The monoisotopic (exact) mass is 278 g/mol. The van der Waals surface area contributed by atoms with Crippen LogP contribution in [0.1, 0.15) is 11.1 Å². The lowest BCUT2D eigenvalue weighted by Crippen LogP contribution is -2.03. The van der Waals surface area contributed by atoms with Crippen molar-refractivity contribution in [2.75, 3.05) is 0 Å². The molecule has 2 rings (SSSR count). The molecule has 0 aliphatic rings. The summed E-state index contributed by atoms with van der Waals surface area (Å²) in [5.41, 5.74) is 1.24. The Balaban J connectivity index is 2.70. The van der Waals surface area contributed by atoms with Crippen molar-refractivity contribution in [2.24, 2.45) is 0 Å². The van der Waals surface area contributed by atoms with Crippen LogP contribution >= 0.6 is 0 Å². The van der Waals surface area contributed by atoms with E-state index in [1.165, 1.54) is 24.3 Å². The van der Waals surface area contributed by atoms with E-state index in [-0.39, 0.29) is 21.3 Å². The highest BCUT2D eigenvalue weighted by Gasteiger charge is 2.23. The molecule has 0 aliphatic heterocycles. The molecular weight excluding hydrogens is 264 g/mol. The molecule has 0 radical (unpaired) electrons. The van der Waals surface area contributed by atoms with Crippen molar-refractivity contribution in [3.63, 3.8) is 0 Å². The van der Waals surface area contributed by atoms with Crippen molar-refractivity contribution in [1.82, 2.24) is 0 Å². The average molecular weight is 278 g/mol. The number of phenols is 2. The van der Waals surface area contributed by atoms with E-state index in [0.29, 0.717) is 5.56 Å². The molecule has 0 unspecified atom stereocenters. The minimum atomic E-state index is -3.85. The molecule has 4 nitrogen and oxygen atoms in total. The Morgan fingerprint density at radius 1 is 1.00 bits per heavy atom. The molecule has 0 atom stereocenters. The summed E-state index contributed by atoms with van der Waals surface area (Å²) >= 11 is 0. The number of aryl methyl sites for hydroxylation is 2. The van der Waals surface area contributed by atoms with E-state index in [1.54, 1.807) is 19.9 Å². The van der Waals surface area contributed by atoms with Gasteiger partial charge in [-0.3, -0.25) is 0 Å². The third-order valence-electron chi connectivity index (χ3n) is 2.83. The zero-order chi connectivity index (χ0) is 14.2. The summed E-state index contributed by atoms with van der Waals surface area (Å²) in [7, 11) is -3.85. The standard InChI is InChI=1S/C14H14O4S/c1-9-6-10(2)14(16)13(7-9)19(17,18)12-5-3-4-11(15)8-12/h3-8,15-16H,1-2H3. The van der Waals surface area contributed by atoms with E-state index < -0.39 is 9.84 Å². The second-order valence-electron chi connectivity index (χ2n) is 4.43. The summed E-state index contributed by atoms with van der Waals surface area (Å²) in [6.45, 7) is 3.40. The van der Waals surface area contributed by atoms with Gasteiger partial charge >= 0.3 is 0 Å². The molecule has 0 amide bonds. The highest BCUT2D eigenvalue weighted by atomic mass is 32.2. The highest BCUT2D eigenvalue weighted by Crippen LogP contribution is 2.33. The van der Waals surface area contributed by atoms with Gasteiger partial charge in [0.2, 0.25) is 9.84 Å².